The van der Waals surface area contributed by atoms with Crippen LogP contribution in [0.25, 0.3) is 0 Å². The largest absolute Gasteiger partial charge is 0.494 e. The first-order valence-electron chi connectivity index (χ1n) is 9.81. The molecule has 7 heteroatoms. The molecule has 154 valence electrons. The zero-order valence-electron chi connectivity index (χ0n) is 16.0. The molecule has 0 bridgehead atoms. The Labute approximate surface area is 186 Å². The van der Waals surface area contributed by atoms with E-state index in [0.717, 1.165) is 30.4 Å². The van der Waals surface area contributed by atoms with Crippen molar-refractivity contribution in [3.8, 4) is 5.75 Å². The lowest BCUT2D eigenvalue weighted by atomic mass is 9.87. The summed E-state index contributed by atoms with van der Waals surface area (Å²) in [5.74, 6) is 1.24. The Kier molecular flexibility index (Phi) is 8.16. The van der Waals surface area contributed by atoms with Gasteiger partial charge < -0.3 is 10.1 Å². The Morgan fingerprint density at radius 2 is 1.79 bits per heavy atom. The van der Waals surface area contributed by atoms with Gasteiger partial charge >= 0.3 is 0 Å². The fourth-order valence-electron chi connectivity index (χ4n) is 3.46. The average molecular weight is 451 g/mol. The first-order chi connectivity index (χ1) is 14.0. The number of amides is 1. The number of benzene rings is 2. The zero-order chi connectivity index (χ0) is 20.6. The van der Waals surface area contributed by atoms with Crippen LogP contribution in [-0.2, 0) is 0 Å². The molecule has 0 aliphatic heterocycles. The molecule has 0 aromatic heterocycles. The van der Waals surface area contributed by atoms with Crippen LogP contribution in [0.3, 0.4) is 0 Å². The van der Waals surface area contributed by atoms with E-state index >= 15 is 0 Å². The van der Waals surface area contributed by atoms with Crippen molar-refractivity contribution in [3.63, 3.8) is 0 Å². The highest BCUT2D eigenvalue weighted by Crippen LogP contribution is 2.26. The molecule has 4 nitrogen and oxygen atoms in total. The van der Waals surface area contributed by atoms with Gasteiger partial charge in [-0.2, -0.15) is 0 Å². The lowest BCUT2D eigenvalue weighted by Gasteiger charge is -2.21. The van der Waals surface area contributed by atoms with Crippen molar-refractivity contribution >= 4 is 52.1 Å². The van der Waals surface area contributed by atoms with E-state index in [1.54, 1.807) is 12.1 Å². The molecule has 0 atom stereocenters. The van der Waals surface area contributed by atoms with Gasteiger partial charge in [0.1, 0.15) is 5.75 Å². The second-order valence-corrected chi connectivity index (χ2v) is 8.45. The number of hydrogen-bond donors (Lipinski definition) is 2. The van der Waals surface area contributed by atoms with E-state index in [9.17, 15) is 4.79 Å². The predicted octanol–water partition coefficient (Wildman–Crippen LogP) is 6.47. The quantitative estimate of drug-likeness (QED) is 0.495. The summed E-state index contributed by atoms with van der Waals surface area (Å²) in [6.45, 7) is 0.744. The summed E-state index contributed by atoms with van der Waals surface area (Å²) < 4.78 is 5.86. The second kappa shape index (κ2) is 10.8. The molecule has 0 radical (unpaired) electrons. The minimum absolute atomic E-state index is 0.187. The smallest absolute Gasteiger partial charge is 0.258 e. The van der Waals surface area contributed by atoms with Gasteiger partial charge in [-0.3, -0.25) is 10.1 Å². The molecular formula is C22H24Cl2N2O2S. The van der Waals surface area contributed by atoms with Crippen molar-refractivity contribution < 1.29 is 9.53 Å². The third kappa shape index (κ3) is 6.88. The molecular weight excluding hydrogens is 427 g/mol. The van der Waals surface area contributed by atoms with E-state index in [1.807, 2.05) is 24.3 Å². The molecule has 0 heterocycles. The Bertz CT molecular complexity index is 852. The maximum absolute atomic E-state index is 12.3. The fourth-order valence-corrected chi connectivity index (χ4v) is 4.17. The molecule has 2 N–H and O–H groups in total. The monoisotopic (exact) mass is 450 g/mol. The van der Waals surface area contributed by atoms with Crippen LogP contribution in [0.15, 0.2) is 42.5 Å². The van der Waals surface area contributed by atoms with E-state index in [4.69, 9.17) is 40.2 Å². The van der Waals surface area contributed by atoms with Crippen LogP contribution in [0.2, 0.25) is 10.0 Å². The Balaban J connectivity index is 1.44. The molecule has 2 aromatic rings. The van der Waals surface area contributed by atoms with Gasteiger partial charge in [-0.05, 0) is 67.0 Å². The fraction of sp³-hybridized carbons (Fsp3) is 0.364. The zero-order valence-corrected chi connectivity index (χ0v) is 18.4. The van der Waals surface area contributed by atoms with Crippen molar-refractivity contribution in [1.29, 1.82) is 0 Å². The van der Waals surface area contributed by atoms with Crippen LogP contribution < -0.4 is 15.4 Å². The summed E-state index contributed by atoms with van der Waals surface area (Å²) in [6.07, 6.45) is 7.86. The molecule has 0 spiro atoms. The molecule has 1 saturated carbocycles. The van der Waals surface area contributed by atoms with E-state index in [0.29, 0.717) is 10.6 Å². The lowest BCUT2D eigenvalue weighted by molar-refractivity contribution is 0.0978. The maximum atomic E-state index is 12.3. The average Bonchev–Trinajstić information content (AvgIpc) is 2.70. The number of carbonyl (C=O) groups excluding carboxylic acids is 1. The molecule has 29 heavy (non-hydrogen) atoms. The summed E-state index contributed by atoms with van der Waals surface area (Å²) in [5.41, 5.74) is 1.07. The van der Waals surface area contributed by atoms with Crippen molar-refractivity contribution in [2.24, 2.45) is 5.92 Å². The summed E-state index contributed by atoms with van der Waals surface area (Å²) in [6, 6.07) is 12.2. The Morgan fingerprint density at radius 1 is 1.07 bits per heavy atom. The second-order valence-electron chi connectivity index (χ2n) is 7.20. The van der Waals surface area contributed by atoms with Crippen LogP contribution in [0.4, 0.5) is 5.69 Å². The van der Waals surface area contributed by atoms with E-state index in [1.165, 1.54) is 38.2 Å². The summed E-state index contributed by atoms with van der Waals surface area (Å²) in [5, 5.41) is 6.52. The summed E-state index contributed by atoms with van der Waals surface area (Å²) >= 11 is 17.1. The summed E-state index contributed by atoms with van der Waals surface area (Å²) in [4.78, 5) is 12.3. The van der Waals surface area contributed by atoms with Crippen molar-refractivity contribution in [1.82, 2.24) is 5.32 Å². The maximum Gasteiger partial charge on any atom is 0.258 e. The number of thiocarbonyl (C=S) groups is 1. The molecule has 1 aliphatic carbocycles. The Hall–Kier alpha value is -1.82. The molecule has 0 saturated heterocycles. The van der Waals surface area contributed by atoms with Crippen LogP contribution in [-0.4, -0.2) is 17.6 Å². The number of rotatable bonds is 6. The molecule has 2 aromatic carbocycles. The van der Waals surface area contributed by atoms with Gasteiger partial charge in [-0.15, -0.1) is 0 Å². The molecule has 1 aliphatic rings. The first-order valence-corrected chi connectivity index (χ1v) is 11.0. The van der Waals surface area contributed by atoms with Crippen LogP contribution in [0.1, 0.15) is 48.9 Å². The molecule has 0 unspecified atom stereocenters. The van der Waals surface area contributed by atoms with Gasteiger partial charge in [0.05, 0.1) is 17.2 Å². The van der Waals surface area contributed by atoms with Crippen LogP contribution in [0.5, 0.6) is 5.75 Å². The first kappa shape index (κ1) is 21.9. The van der Waals surface area contributed by atoms with Crippen molar-refractivity contribution in [2.45, 2.75) is 38.5 Å². The third-order valence-electron chi connectivity index (χ3n) is 5.03. The normalized spacial score (nSPS) is 14.3. The van der Waals surface area contributed by atoms with Crippen LogP contribution >= 0.6 is 35.4 Å². The third-order valence-corrected chi connectivity index (χ3v) is 5.79. The van der Waals surface area contributed by atoms with Crippen molar-refractivity contribution in [2.75, 3.05) is 11.9 Å². The van der Waals surface area contributed by atoms with E-state index in [-0.39, 0.29) is 10.1 Å². The van der Waals surface area contributed by atoms with E-state index in [2.05, 4.69) is 10.6 Å². The summed E-state index contributed by atoms with van der Waals surface area (Å²) in [7, 11) is 0. The van der Waals surface area contributed by atoms with Gasteiger partial charge in [0, 0.05) is 10.7 Å². The number of carbonyl (C=O) groups is 1. The van der Waals surface area contributed by atoms with Gasteiger partial charge in [-0.25, -0.2) is 0 Å². The van der Waals surface area contributed by atoms with Gasteiger partial charge in [0.2, 0.25) is 0 Å². The standard InChI is InChI=1S/C22H24Cl2N2O2S/c23-16-6-11-19(20(24)14-16)21(27)26-22(29)25-17-7-9-18(10-8-17)28-13-12-15-4-2-1-3-5-15/h6-11,14-15H,1-5,12-13H2,(H2,25,26,27,29). The number of nitrogens with one attached hydrogen (secondary N) is 2. The molecule has 1 amide bonds. The number of anilines is 1. The molecule has 3 rings (SSSR count). The highest BCUT2D eigenvalue weighted by molar-refractivity contribution is 7.80. The van der Waals surface area contributed by atoms with Crippen molar-refractivity contribution in [3.05, 3.63) is 58.1 Å². The lowest BCUT2D eigenvalue weighted by Crippen LogP contribution is -2.34. The predicted molar refractivity (Wildman–Crippen MR) is 123 cm³/mol. The minimum Gasteiger partial charge on any atom is -0.494 e. The number of ether oxygens (including phenoxy) is 1. The topological polar surface area (TPSA) is 50.4 Å². The molecule has 1 fully saturated rings. The van der Waals surface area contributed by atoms with Gasteiger partial charge in [-0.1, -0.05) is 55.3 Å². The number of halogens is 2. The number of hydrogen-bond acceptors (Lipinski definition) is 3. The minimum atomic E-state index is -0.396. The van der Waals surface area contributed by atoms with E-state index < -0.39 is 5.91 Å². The van der Waals surface area contributed by atoms with Gasteiger partial charge in [0.15, 0.2) is 5.11 Å². The SMILES string of the molecule is O=C(NC(=S)Nc1ccc(OCCC2CCCCC2)cc1)c1ccc(Cl)cc1Cl. The van der Waals surface area contributed by atoms with Gasteiger partial charge in [0.25, 0.3) is 5.91 Å². The highest BCUT2D eigenvalue weighted by atomic mass is 35.5. The highest BCUT2D eigenvalue weighted by Gasteiger charge is 2.14. The Morgan fingerprint density at radius 3 is 2.48 bits per heavy atom. The van der Waals surface area contributed by atoms with Crippen LogP contribution in [0, 0.1) is 5.92 Å².